The Morgan fingerprint density at radius 3 is 2.52 bits per heavy atom. The van der Waals surface area contributed by atoms with Crippen LogP contribution in [-0.4, -0.2) is 44.9 Å². The van der Waals surface area contributed by atoms with Gasteiger partial charge in [-0.3, -0.25) is 14.9 Å². The quantitative estimate of drug-likeness (QED) is 0.465. The van der Waals surface area contributed by atoms with Gasteiger partial charge in [0.25, 0.3) is 0 Å². The molecule has 2 aliphatic carbocycles. The molecule has 2 saturated carbocycles. The van der Waals surface area contributed by atoms with E-state index in [0.717, 1.165) is 0 Å². The largest absolute Gasteiger partial charge is 0.392 e. The van der Waals surface area contributed by atoms with Gasteiger partial charge in [0.1, 0.15) is 0 Å². The van der Waals surface area contributed by atoms with Crippen LogP contribution in [0.1, 0.15) is 38.5 Å². The molecule has 0 aromatic carbocycles. The molecule has 0 spiro atoms. The Kier molecular flexibility index (Phi) is 5.68. The van der Waals surface area contributed by atoms with Crippen LogP contribution >= 0.6 is 23.2 Å². The van der Waals surface area contributed by atoms with Crippen molar-refractivity contribution in [3.63, 3.8) is 0 Å². The average Bonchev–Trinajstić information content (AvgIpc) is 2.43. The fourth-order valence-corrected chi connectivity index (χ4v) is 3.84. The van der Waals surface area contributed by atoms with Gasteiger partial charge in [-0.2, -0.15) is 0 Å². The zero-order valence-electron chi connectivity index (χ0n) is 11.6. The van der Waals surface area contributed by atoms with Gasteiger partial charge in [0, 0.05) is 29.2 Å². The highest BCUT2D eigenvalue weighted by molar-refractivity contribution is 6.21. The van der Waals surface area contributed by atoms with Crippen LogP contribution in [0.2, 0.25) is 0 Å². The lowest BCUT2D eigenvalue weighted by atomic mass is 9.84. The van der Waals surface area contributed by atoms with Gasteiger partial charge in [-0.25, -0.2) is 0 Å². The van der Waals surface area contributed by atoms with Crippen molar-refractivity contribution in [2.75, 3.05) is 0 Å². The van der Waals surface area contributed by atoms with E-state index in [-0.39, 0.29) is 28.7 Å². The molecule has 0 heterocycles. The number of nitro groups is 1. The molecule has 0 aromatic heterocycles. The Morgan fingerprint density at radius 2 is 1.90 bits per heavy atom. The number of hydrogen-bond donors (Lipinski definition) is 2. The molecule has 6 atom stereocenters. The monoisotopic (exact) mass is 338 g/mol. The topological polar surface area (TPSA) is 92.5 Å². The third-order valence-electron chi connectivity index (χ3n) is 4.46. The van der Waals surface area contributed by atoms with E-state index in [1.807, 2.05) is 0 Å². The molecule has 6 unspecified atom stereocenters. The van der Waals surface area contributed by atoms with Crippen LogP contribution in [0.25, 0.3) is 0 Å². The molecule has 1 amide bonds. The van der Waals surface area contributed by atoms with E-state index in [4.69, 9.17) is 23.2 Å². The fourth-order valence-electron chi connectivity index (χ4n) is 3.12. The van der Waals surface area contributed by atoms with Crippen molar-refractivity contribution in [1.82, 2.24) is 5.32 Å². The minimum Gasteiger partial charge on any atom is -0.392 e. The summed E-state index contributed by atoms with van der Waals surface area (Å²) in [5.41, 5.74) is 0. The third-order valence-corrected chi connectivity index (χ3v) is 5.34. The Balaban J connectivity index is 1.89. The van der Waals surface area contributed by atoms with Crippen LogP contribution in [-0.2, 0) is 4.79 Å². The number of carbonyl (C=O) groups is 1. The Morgan fingerprint density at radius 1 is 1.19 bits per heavy atom. The highest BCUT2D eigenvalue weighted by Crippen LogP contribution is 2.30. The number of halogens is 2. The number of alkyl halides is 2. The SMILES string of the molecule is O=C(NC1CCC([N+](=O)[O-])CC1Cl)C1CC(Cl)CCC1O. The zero-order chi connectivity index (χ0) is 15.6. The number of rotatable bonds is 3. The maximum absolute atomic E-state index is 12.3. The van der Waals surface area contributed by atoms with E-state index in [1.165, 1.54) is 0 Å². The first kappa shape index (κ1) is 16.8. The maximum Gasteiger partial charge on any atom is 0.226 e. The molecule has 0 bridgehead atoms. The van der Waals surface area contributed by atoms with Gasteiger partial charge in [0.05, 0.1) is 17.4 Å². The van der Waals surface area contributed by atoms with Crippen LogP contribution in [0.3, 0.4) is 0 Å². The summed E-state index contributed by atoms with van der Waals surface area (Å²) in [6.45, 7) is 0. The summed E-state index contributed by atoms with van der Waals surface area (Å²) >= 11 is 12.2. The molecule has 2 fully saturated rings. The first-order valence-corrected chi connectivity index (χ1v) is 8.15. The van der Waals surface area contributed by atoms with Crippen LogP contribution in [0, 0.1) is 16.0 Å². The summed E-state index contributed by atoms with van der Waals surface area (Å²) < 4.78 is 0. The van der Waals surface area contributed by atoms with Gasteiger partial charge in [-0.15, -0.1) is 23.2 Å². The molecule has 0 radical (unpaired) electrons. The number of aliphatic hydroxyl groups is 1. The second-order valence-corrected chi connectivity index (χ2v) is 7.15. The lowest BCUT2D eigenvalue weighted by molar-refractivity contribution is -0.526. The minimum absolute atomic E-state index is 0.0961. The van der Waals surface area contributed by atoms with Crippen molar-refractivity contribution in [3.05, 3.63) is 10.1 Å². The average molecular weight is 339 g/mol. The predicted octanol–water partition coefficient (Wildman–Crippen LogP) is 1.68. The van der Waals surface area contributed by atoms with E-state index >= 15 is 0 Å². The fraction of sp³-hybridized carbons (Fsp3) is 0.923. The summed E-state index contributed by atoms with van der Waals surface area (Å²) in [6.07, 6.45) is 2.15. The third kappa shape index (κ3) is 4.20. The number of carbonyl (C=O) groups excluding carboxylic acids is 1. The van der Waals surface area contributed by atoms with Crippen molar-refractivity contribution >= 4 is 29.1 Å². The number of nitrogens with one attached hydrogen (secondary N) is 1. The van der Waals surface area contributed by atoms with Crippen molar-refractivity contribution in [1.29, 1.82) is 0 Å². The lowest BCUT2D eigenvalue weighted by Crippen LogP contribution is -2.51. The van der Waals surface area contributed by atoms with E-state index < -0.39 is 23.4 Å². The molecule has 2 rings (SSSR count). The summed E-state index contributed by atoms with van der Waals surface area (Å²) in [7, 11) is 0. The zero-order valence-corrected chi connectivity index (χ0v) is 13.1. The van der Waals surface area contributed by atoms with E-state index in [0.29, 0.717) is 32.1 Å². The summed E-state index contributed by atoms with van der Waals surface area (Å²) in [5.74, 6) is -0.763. The van der Waals surface area contributed by atoms with Crippen LogP contribution in [0.4, 0.5) is 0 Å². The van der Waals surface area contributed by atoms with Crippen LogP contribution in [0.5, 0.6) is 0 Å². The number of nitrogens with zero attached hydrogens (tertiary/aromatic N) is 1. The molecule has 6 nitrogen and oxygen atoms in total. The van der Waals surface area contributed by atoms with E-state index in [2.05, 4.69) is 5.32 Å². The molecule has 2 N–H and O–H groups in total. The van der Waals surface area contributed by atoms with Crippen molar-refractivity contribution in [2.45, 2.75) is 67.5 Å². The van der Waals surface area contributed by atoms with Gasteiger partial charge in [0.2, 0.25) is 11.9 Å². The van der Waals surface area contributed by atoms with Crippen molar-refractivity contribution < 1.29 is 14.8 Å². The second kappa shape index (κ2) is 7.11. The van der Waals surface area contributed by atoms with Gasteiger partial charge in [0.15, 0.2) is 0 Å². The molecule has 120 valence electrons. The van der Waals surface area contributed by atoms with Gasteiger partial charge in [-0.05, 0) is 25.7 Å². The molecule has 2 aliphatic rings. The summed E-state index contributed by atoms with van der Waals surface area (Å²) in [6, 6.07) is -0.911. The first-order valence-electron chi connectivity index (χ1n) is 7.28. The number of hydrogen-bond acceptors (Lipinski definition) is 4. The second-order valence-electron chi connectivity index (χ2n) is 5.97. The normalized spacial score (nSPS) is 40.5. The Bertz CT molecular complexity index is 410. The molecule has 8 heteroatoms. The Labute approximate surface area is 133 Å². The smallest absolute Gasteiger partial charge is 0.226 e. The van der Waals surface area contributed by atoms with Gasteiger partial charge in [-0.1, -0.05) is 0 Å². The van der Waals surface area contributed by atoms with Gasteiger partial charge >= 0.3 is 0 Å². The van der Waals surface area contributed by atoms with Crippen LogP contribution in [0.15, 0.2) is 0 Å². The summed E-state index contributed by atoms with van der Waals surface area (Å²) in [4.78, 5) is 22.7. The molecule has 0 aliphatic heterocycles. The van der Waals surface area contributed by atoms with Crippen molar-refractivity contribution in [3.8, 4) is 0 Å². The number of aliphatic hydroxyl groups excluding tert-OH is 1. The maximum atomic E-state index is 12.3. The highest BCUT2D eigenvalue weighted by atomic mass is 35.5. The standard InChI is InChI=1S/C13H20Cl2N2O4/c14-7-1-4-12(18)9(5-7)13(19)16-11-3-2-8(17(20)21)6-10(11)15/h7-12,18H,1-6H2,(H,16,19). The highest BCUT2D eigenvalue weighted by Gasteiger charge is 2.39. The van der Waals surface area contributed by atoms with Gasteiger partial charge < -0.3 is 10.4 Å². The predicted molar refractivity (Wildman–Crippen MR) is 79.2 cm³/mol. The lowest BCUT2D eigenvalue weighted by Gasteiger charge is -2.34. The molecule has 21 heavy (non-hydrogen) atoms. The summed E-state index contributed by atoms with van der Waals surface area (Å²) in [5, 5.41) is 23.0. The van der Waals surface area contributed by atoms with Crippen LogP contribution < -0.4 is 5.32 Å². The van der Waals surface area contributed by atoms with Crippen molar-refractivity contribution in [2.24, 2.45) is 5.92 Å². The number of amides is 1. The molecular weight excluding hydrogens is 319 g/mol. The molecular formula is C13H20Cl2N2O4. The molecule has 0 saturated heterocycles. The Hall–Kier alpha value is -0.590. The first-order chi connectivity index (χ1) is 9.88. The minimum atomic E-state index is -0.677. The van der Waals surface area contributed by atoms with E-state index in [9.17, 15) is 20.0 Å². The molecule has 0 aromatic rings. The van der Waals surface area contributed by atoms with E-state index in [1.54, 1.807) is 0 Å².